The minimum absolute atomic E-state index is 0.0576. The Balaban J connectivity index is 1.18. The highest BCUT2D eigenvalue weighted by Crippen LogP contribution is 2.36. The number of rotatable bonds is 29. The van der Waals surface area contributed by atoms with Gasteiger partial charge in [0.1, 0.15) is 128 Å². The van der Waals surface area contributed by atoms with Crippen LogP contribution in [0.15, 0.2) is 36.4 Å². The molecule has 0 aliphatic carbocycles. The van der Waals surface area contributed by atoms with Gasteiger partial charge in [0.25, 0.3) is 5.91 Å². The number of aliphatic hydroxyl groups is 12. The zero-order chi connectivity index (χ0) is 64.5. The maximum atomic E-state index is 13.9. The third-order valence-electron chi connectivity index (χ3n) is 15.5. The number of amides is 5. The van der Waals surface area contributed by atoms with E-state index < -0.39 is 216 Å². The fourth-order valence-corrected chi connectivity index (χ4v) is 11.1. The molecule has 0 bridgehead atoms. The van der Waals surface area contributed by atoms with Crippen LogP contribution >= 0.6 is 0 Å². The number of allylic oxidation sites excluding steroid dienone is 2. The van der Waals surface area contributed by atoms with Crippen molar-refractivity contribution >= 4 is 29.5 Å². The number of nitrogens with one attached hydrogen (secondary N) is 5. The number of carbonyl (C=O) groups excluding carboxylic acids is 5. The van der Waals surface area contributed by atoms with Crippen molar-refractivity contribution in [1.82, 2.24) is 26.6 Å². The van der Waals surface area contributed by atoms with E-state index in [1.165, 1.54) is 25.0 Å². The fraction of sp³-hybridized carbons (Fsp3) is 0.768. The van der Waals surface area contributed by atoms with E-state index in [-0.39, 0.29) is 5.56 Å². The van der Waals surface area contributed by atoms with E-state index in [0.29, 0.717) is 18.8 Å². The van der Waals surface area contributed by atoms with Crippen LogP contribution in [0.4, 0.5) is 0 Å². The molecule has 0 radical (unpaired) electrons. The Hall–Kier alpha value is -4.73. The van der Waals surface area contributed by atoms with Crippen molar-refractivity contribution in [2.45, 2.75) is 233 Å². The fourth-order valence-electron chi connectivity index (χ4n) is 11.1. The molecule has 5 saturated heterocycles. The van der Waals surface area contributed by atoms with Gasteiger partial charge in [-0.2, -0.15) is 0 Å². The van der Waals surface area contributed by atoms with Crippen LogP contribution in [0.3, 0.4) is 0 Å². The molecule has 25 atom stereocenters. The van der Waals surface area contributed by atoms with Crippen LogP contribution in [0.5, 0.6) is 5.75 Å². The van der Waals surface area contributed by atoms with Crippen LogP contribution in [0.25, 0.3) is 0 Å². The molecule has 1 aromatic rings. The van der Waals surface area contributed by atoms with Gasteiger partial charge in [-0.05, 0) is 43.9 Å². The Morgan fingerprint density at radius 1 is 0.455 bits per heavy atom. The predicted molar refractivity (Wildman–Crippen MR) is 297 cm³/mol. The van der Waals surface area contributed by atoms with Crippen LogP contribution in [0, 0.1) is 0 Å². The summed E-state index contributed by atoms with van der Waals surface area (Å²) in [6.45, 7) is 2.01. The van der Waals surface area contributed by atoms with Crippen molar-refractivity contribution in [1.29, 1.82) is 0 Å². The number of hydrogen-bond acceptors (Lipinski definition) is 27. The van der Waals surface area contributed by atoms with Gasteiger partial charge in [-0.3, -0.25) is 24.0 Å². The summed E-state index contributed by atoms with van der Waals surface area (Å²) in [7, 11) is 0. The van der Waals surface area contributed by atoms with Gasteiger partial charge >= 0.3 is 0 Å². The molecule has 17 N–H and O–H groups in total. The molecule has 0 spiro atoms. The molecule has 500 valence electrons. The average molecular weight is 1260 g/mol. The van der Waals surface area contributed by atoms with Gasteiger partial charge in [0.15, 0.2) is 31.5 Å². The number of unbranched alkanes of at least 4 members (excludes halogenated alkanes) is 5. The summed E-state index contributed by atoms with van der Waals surface area (Å²) < 4.78 is 59.8. The standard InChI is InChI=1S/C56H89N5O27/c1-6-7-8-9-10-11-12-13-14-18-79-30-17-15-16-29(19-30)51(77)61-37-42(72)41(71)31(20-62)81-53(37)86-48-33(22-64)83-55(39(44(48)74)59-27(4)69)88-50-35(24-66)84-56(40(46(50)76)60-28(5)70)87-49-34(23-65)82-54(38(45(49)75)58-26(3)68)85-47-32(21-63)80-52(78)36(43(47)73)57-25(2)67/h11-12,15-17,19,31-50,52-56,62-66,71-76,78H,6-10,13-14,18,20-24H2,1-5H3,(H,57,67)(H,58,68)(H,59,69)(H,60,70)(H,61,77)/b12-11-/t31?,32?,33-,34-,35?,36-,37?,38?,39?,40-,41+,42+,43+,44?,45?,46+,47?,48+,49+,50?,52?,53-,54-,55-,56-/m0/s1. The molecular weight excluding hydrogens is 1170 g/mol. The Kier molecular flexibility index (Phi) is 28.5. The molecule has 5 fully saturated rings. The van der Waals surface area contributed by atoms with Crippen molar-refractivity contribution in [2.24, 2.45) is 0 Å². The summed E-state index contributed by atoms with van der Waals surface area (Å²) in [6.07, 6.45) is -24.4. The van der Waals surface area contributed by atoms with Crippen molar-refractivity contribution in [2.75, 3.05) is 39.6 Å². The highest BCUT2D eigenvalue weighted by Gasteiger charge is 2.58. The first-order valence-corrected chi connectivity index (χ1v) is 29.5. The Bertz CT molecular complexity index is 2400. The van der Waals surface area contributed by atoms with Crippen molar-refractivity contribution in [3.8, 4) is 5.75 Å². The molecule has 11 unspecified atom stereocenters. The molecule has 0 saturated carbocycles. The van der Waals surface area contributed by atoms with E-state index in [2.05, 4.69) is 45.7 Å². The summed E-state index contributed by atoms with van der Waals surface area (Å²) in [5, 5.41) is 145. The number of ether oxygens (including phenoxy) is 10. The first-order valence-electron chi connectivity index (χ1n) is 29.5. The van der Waals surface area contributed by atoms with Crippen molar-refractivity contribution < 1.29 is 133 Å². The lowest BCUT2D eigenvalue weighted by atomic mass is 9.93. The highest BCUT2D eigenvalue weighted by molar-refractivity contribution is 5.94. The maximum absolute atomic E-state index is 13.9. The lowest BCUT2D eigenvalue weighted by Gasteiger charge is -2.51. The van der Waals surface area contributed by atoms with E-state index in [4.69, 9.17) is 47.4 Å². The van der Waals surface area contributed by atoms with Crippen LogP contribution in [0.1, 0.15) is 89.9 Å². The third-order valence-corrected chi connectivity index (χ3v) is 15.5. The zero-order valence-electron chi connectivity index (χ0n) is 49.6. The lowest BCUT2D eigenvalue weighted by Crippen LogP contribution is -2.72. The van der Waals surface area contributed by atoms with E-state index in [1.54, 1.807) is 12.1 Å². The summed E-state index contributed by atoms with van der Waals surface area (Å²) in [6, 6.07) is -2.18. The molecule has 88 heavy (non-hydrogen) atoms. The molecule has 32 heteroatoms. The smallest absolute Gasteiger partial charge is 0.251 e. The van der Waals surface area contributed by atoms with Crippen LogP contribution in [-0.4, -0.2) is 284 Å². The van der Waals surface area contributed by atoms with Gasteiger partial charge in [0, 0.05) is 33.3 Å². The molecule has 5 aliphatic rings. The maximum Gasteiger partial charge on any atom is 0.251 e. The Morgan fingerprint density at radius 2 is 0.830 bits per heavy atom. The van der Waals surface area contributed by atoms with Crippen LogP contribution in [0.2, 0.25) is 0 Å². The SMILES string of the molecule is CCCCCC/C=C\CCCOc1cccc(C(=O)NC2[C@H](O[C@H]3C(O)C(NC(C)=O)[C@H](OC4C(CO)O[C@@H](O[C@H]5C(O)C(NC(C)=O)[C@H](OC6C(CO)OC(O)[C@@H](NC(C)=O)[C@H]6O)O[C@H]5CO)[C@@H](NC(C)=O)[C@H]4O)O[C@H]3CO)OC(CO)[C@@H](O)[C@@H]2O)c1. The topological polar surface area (TPSA) is 481 Å². The van der Waals surface area contributed by atoms with Crippen molar-refractivity contribution in [3.05, 3.63) is 42.0 Å². The largest absolute Gasteiger partial charge is 0.494 e. The zero-order valence-corrected chi connectivity index (χ0v) is 49.6. The Morgan fingerprint density at radius 3 is 1.24 bits per heavy atom. The minimum Gasteiger partial charge on any atom is -0.494 e. The summed E-state index contributed by atoms with van der Waals surface area (Å²) >= 11 is 0. The summed E-state index contributed by atoms with van der Waals surface area (Å²) in [4.78, 5) is 64.1. The molecule has 5 amide bonds. The van der Waals surface area contributed by atoms with Gasteiger partial charge in [-0.1, -0.05) is 44.4 Å². The second-order valence-corrected chi connectivity index (χ2v) is 22.2. The van der Waals surface area contributed by atoms with Gasteiger partial charge in [-0.15, -0.1) is 0 Å². The van der Waals surface area contributed by atoms with Gasteiger partial charge < -0.3 is 135 Å². The van der Waals surface area contributed by atoms with Gasteiger partial charge in [0.2, 0.25) is 23.6 Å². The third kappa shape index (κ3) is 18.7. The van der Waals surface area contributed by atoms with E-state index in [9.17, 15) is 85.3 Å². The second-order valence-electron chi connectivity index (χ2n) is 22.2. The first-order chi connectivity index (χ1) is 42.0. The lowest BCUT2D eigenvalue weighted by molar-refractivity contribution is -0.367. The molecule has 32 nitrogen and oxygen atoms in total. The highest BCUT2D eigenvalue weighted by atomic mass is 16.8. The molecule has 5 heterocycles. The number of carbonyl (C=O) groups is 5. The molecule has 0 aromatic heterocycles. The second kappa shape index (κ2) is 34.6. The monoisotopic (exact) mass is 1260 g/mol. The molecule has 5 aliphatic heterocycles. The number of hydrogen-bond donors (Lipinski definition) is 17. The summed E-state index contributed by atoms with van der Waals surface area (Å²) in [5.74, 6) is -3.54. The van der Waals surface area contributed by atoms with Crippen LogP contribution < -0.4 is 31.3 Å². The molecule has 6 rings (SSSR count). The Labute approximate surface area is 507 Å². The van der Waals surface area contributed by atoms with E-state index >= 15 is 0 Å². The van der Waals surface area contributed by atoms with Crippen molar-refractivity contribution in [3.63, 3.8) is 0 Å². The van der Waals surface area contributed by atoms with E-state index in [1.807, 2.05) is 0 Å². The van der Waals surface area contributed by atoms with E-state index in [0.717, 1.165) is 53.4 Å². The number of aliphatic hydroxyl groups excluding tert-OH is 12. The predicted octanol–water partition coefficient (Wildman–Crippen LogP) is -6.23. The molecule has 1 aromatic carbocycles. The summed E-state index contributed by atoms with van der Waals surface area (Å²) in [5.41, 5.74) is 0.0576. The van der Waals surface area contributed by atoms with Gasteiger partial charge in [-0.25, -0.2) is 0 Å². The van der Waals surface area contributed by atoms with Gasteiger partial charge in [0.05, 0.1) is 39.6 Å². The number of benzene rings is 1. The van der Waals surface area contributed by atoms with Crippen LogP contribution in [-0.2, 0) is 61.8 Å². The quantitative estimate of drug-likeness (QED) is 0.0262. The minimum atomic E-state index is -2.03. The average Bonchev–Trinajstić information content (AvgIpc) is 1.44. The normalized spacial score (nSPS) is 37.8. The molecular formula is C56H89N5O27. The first kappa shape index (κ1) is 72.3.